The van der Waals surface area contributed by atoms with Gasteiger partial charge < -0.3 is 10.1 Å². The first-order chi connectivity index (χ1) is 13.5. The number of ether oxygens (including phenoxy) is 1. The molecule has 0 spiro atoms. The average molecular weight is 395 g/mol. The van der Waals surface area contributed by atoms with Gasteiger partial charge in [0.1, 0.15) is 11.4 Å². The fourth-order valence-electron chi connectivity index (χ4n) is 2.73. The van der Waals surface area contributed by atoms with Gasteiger partial charge in [0.2, 0.25) is 0 Å². The van der Waals surface area contributed by atoms with E-state index in [0.717, 1.165) is 23.2 Å². The van der Waals surface area contributed by atoms with Gasteiger partial charge in [-0.15, -0.1) is 11.3 Å². The van der Waals surface area contributed by atoms with Crippen molar-refractivity contribution in [3.63, 3.8) is 0 Å². The SMILES string of the molecule is CCc1cccc(C)c1NC(=O)c1csc(NC(=O)c2ccc(OC)cc2)n1. The molecule has 0 saturated carbocycles. The Kier molecular flexibility index (Phi) is 6.06. The van der Waals surface area contributed by atoms with Crippen molar-refractivity contribution in [1.82, 2.24) is 4.98 Å². The molecule has 2 N–H and O–H groups in total. The Balaban J connectivity index is 1.69. The molecule has 7 heteroatoms. The van der Waals surface area contributed by atoms with Gasteiger partial charge in [-0.25, -0.2) is 4.98 Å². The molecule has 2 aromatic carbocycles. The van der Waals surface area contributed by atoms with Gasteiger partial charge in [-0.1, -0.05) is 25.1 Å². The van der Waals surface area contributed by atoms with Crippen LogP contribution in [0.15, 0.2) is 47.8 Å². The van der Waals surface area contributed by atoms with Gasteiger partial charge in [0.15, 0.2) is 5.13 Å². The number of anilines is 2. The lowest BCUT2D eigenvalue weighted by atomic mass is 10.1. The van der Waals surface area contributed by atoms with E-state index in [1.54, 1.807) is 36.8 Å². The highest BCUT2D eigenvalue weighted by atomic mass is 32.1. The molecule has 28 heavy (non-hydrogen) atoms. The van der Waals surface area contributed by atoms with Crippen LogP contribution < -0.4 is 15.4 Å². The molecule has 0 aliphatic carbocycles. The summed E-state index contributed by atoms with van der Waals surface area (Å²) in [6.45, 7) is 4.00. The van der Waals surface area contributed by atoms with E-state index >= 15 is 0 Å². The van der Waals surface area contributed by atoms with Gasteiger partial charge in [-0.05, 0) is 48.7 Å². The van der Waals surface area contributed by atoms with Crippen molar-refractivity contribution < 1.29 is 14.3 Å². The molecule has 0 bridgehead atoms. The van der Waals surface area contributed by atoms with Crippen LogP contribution in [-0.2, 0) is 6.42 Å². The summed E-state index contributed by atoms with van der Waals surface area (Å²) < 4.78 is 5.08. The van der Waals surface area contributed by atoms with Crippen LogP contribution in [0.3, 0.4) is 0 Å². The van der Waals surface area contributed by atoms with E-state index in [-0.39, 0.29) is 17.5 Å². The lowest BCUT2D eigenvalue weighted by Crippen LogP contribution is -2.15. The minimum atomic E-state index is -0.301. The molecule has 0 aliphatic heterocycles. The molecular formula is C21H21N3O3S. The number of hydrogen-bond acceptors (Lipinski definition) is 5. The van der Waals surface area contributed by atoms with Crippen LogP contribution in [0, 0.1) is 6.92 Å². The average Bonchev–Trinajstić information content (AvgIpc) is 3.18. The minimum Gasteiger partial charge on any atom is -0.497 e. The van der Waals surface area contributed by atoms with Gasteiger partial charge in [0.05, 0.1) is 7.11 Å². The number of carbonyl (C=O) groups is 2. The van der Waals surface area contributed by atoms with E-state index in [1.807, 2.05) is 32.0 Å². The monoisotopic (exact) mass is 395 g/mol. The Morgan fingerprint density at radius 3 is 2.50 bits per heavy atom. The van der Waals surface area contributed by atoms with Crippen LogP contribution in [0.5, 0.6) is 5.75 Å². The first-order valence-electron chi connectivity index (χ1n) is 8.82. The van der Waals surface area contributed by atoms with Crippen LogP contribution in [0.4, 0.5) is 10.8 Å². The van der Waals surface area contributed by atoms with Crippen molar-refractivity contribution in [2.24, 2.45) is 0 Å². The molecule has 1 heterocycles. The maximum Gasteiger partial charge on any atom is 0.275 e. The predicted molar refractivity (Wildman–Crippen MR) is 112 cm³/mol. The number of methoxy groups -OCH3 is 1. The molecule has 0 atom stereocenters. The molecule has 1 aromatic heterocycles. The summed E-state index contributed by atoms with van der Waals surface area (Å²) in [5, 5.41) is 7.65. The number of thiazole rings is 1. The highest BCUT2D eigenvalue weighted by molar-refractivity contribution is 7.14. The Labute approximate surface area is 167 Å². The van der Waals surface area contributed by atoms with E-state index in [4.69, 9.17) is 4.74 Å². The summed E-state index contributed by atoms with van der Waals surface area (Å²) in [5.74, 6) is 0.0775. The van der Waals surface area contributed by atoms with E-state index in [2.05, 4.69) is 15.6 Å². The number of benzene rings is 2. The van der Waals surface area contributed by atoms with E-state index in [0.29, 0.717) is 16.4 Å². The van der Waals surface area contributed by atoms with Gasteiger partial charge in [0.25, 0.3) is 11.8 Å². The number of aromatic nitrogens is 1. The molecule has 0 unspecified atom stereocenters. The van der Waals surface area contributed by atoms with Crippen molar-refractivity contribution in [3.05, 3.63) is 70.2 Å². The minimum absolute atomic E-state index is 0.264. The summed E-state index contributed by atoms with van der Waals surface area (Å²) in [5.41, 5.74) is 3.62. The number of hydrogen-bond donors (Lipinski definition) is 2. The zero-order valence-electron chi connectivity index (χ0n) is 15.9. The quantitative estimate of drug-likeness (QED) is 0.643. The Hall–Kier alpha value is -3.19. The maximum absolute atomic E-state index is 12.6. The molecule has 0 aliphatic rings. The maximum atomic E-state index is 12.6. The van der Waals surface area contributed by atoms with Gasteiger partial charge in [0, 0.05) is 16.6 Å². The molecule has 6 nitrogen and oxygen atoms in total. The summed E-state index contributed by atoms with van der Waals surface area (Å²) in [7, 11) is 1.57. The van der Waals surface area contributed by atoms with Crippen molar-refractivity contribution in [1.29, 1.82) is 0 Å². The van der Waals surface area contributed by atoms with Crippen molar-refractivity contribution in [3.8, 4) is 5.75 Å². The molecular weight excluding hydrogens is 374 g/mol. The van der Waals surface area contributed by atoms with E-state index < -0.39 is 0 Å². The second-order valence-electron chi connectivity index (χ2n) is 6.14. The number of nitrogens with one attached hydrogen (secondary N) is 2. The normalized spacial score (nSPS) is 10.4. The summed E-state index contributed by atoms with van der Waals surface area (Å²) >= 11 is 1.20. The summed E-state index contributed by atoms with van der Waals surface area (Å²) in [6.07, 6.45) is 0.817. The largest absolute Gasteiger partial charge is 0.497 e. The molecule has 2 amide bonds. The Morgan fingerprint density at radius 2 is 1.82 bits per heavy atom. The lowest BCUT2D eigenvalue weighted by Gasteiger charge is -2.12. The topological polar surface area (TPSA) is 80.3 Å². The van der Waals surface area contributed by atoms with Crippen molar-refractivity contribution in [2.45, 2.75) is 20.3 Å². The summed E-state index contributed by atoms with van der Waals surface area (Å²) in [4.78, 5) is 29.1. The number of aryl methyl sites for hydroxylation is 2. The van der Waals surface area contributed by atoms with Crippen LogP contribution in [0.2, 0.25) is 0 Å². The van der Waals surface area contributed by atoms with Crippen molar-refractivity contribution in [2.75, 3.05) is 17.7 Å². The molecule has 0 radical (unpaired) electrons. The zero-order chi connectivity index (χ0) is 20.1. The van der Waals surface area contributed by atoms with E-state index in [1.165, 1.54) is 11.3 Å². The fraction of sp³-hybridized carbons (Fsp3) is 0.190. The van der Waals surface area contributed by atoms with E-state index in [9.17, 15) is 9.59 Å². The zero-order valence-corrected chi connectivity index (χ0v) is 16.7. The third-order valence-electron chi connectivity index (χ3n) is 4.29. The van der Waals surface area contributed by atoms with Gasteiger partial charge >= 0.3 is 0 Å². The standard InChI is InChI=1S/C21H21N3O3S/c1-4-14-7-5-6-13(2)18(14)23-20(26)17-12-28-21(22-17)24-19(25)15-8-10-16(27-3)11-9-15/h5-12H,4H2,1-3H3,(H,23,26)(H,22,24,25). The number of para-hydroxylation sites is 1. The fourth-order valence-corrected chi connectivity index (χ4v) is 3.41. The third kappa shape index (κ3) is 4.37. The first-order valence-corrected chi connectivity index (χ1v) is 9.70. The highest BCUT2D eigenvalue weighted by Crippen LogP contribution is 2.23. The number of carbonyl (C=O) groups excluding carboxylic acids is 2. The first kappa shape index (κ1) is 19.6. The van der Waals surface area contributed by atoms with Crippen molar-refractivity contribution >= 4 is 34.0 Å². The predicted octanol–water partition coefficient (Wildman–Crippen LogP) is 4.53. The highest BCUT2D eigenvalue weighted by Gasteiger charge is 2.15. The lowest BCUT2D eigenvalue weighted by molar-refractivity contribution is 0.101. The molecule has 0 saturated heterocycles. The van der Waals surface area contributed by atoms with Gasteiger partial charge in [-0.2, -0.15) is 0 Å². The Morgan fingerprint density at radius 1 is 1.07 bits per heavy atom. The van der Waals surface area contributed by atoms with Gasteiger partial charge in [-0.3, -0.25) is 14.9 Å². The molecule has 3 aromatic rings. The molecule has 0 fully saturated rings. The smallest absolute Gasteiger partial charge is 0.275 e. The van der Waals surface area contributed by atoms with Crippen LogP contribution in [0.1, 0.15) is 38.9 Å². The second kappa shape index (κ2) is 8.67. The van der Waals surface area contributed by atoms with Crippen LogP contribution in [-0.4, -0.2) is 23.9 Å². The Bertz CT molecular complexity index is 996. The number of nitrogens with zero attached hydrogens (tertiary/aromatic N) is 1. The van der Waals surface area contributed by atoms with Crippen LogP contribution in [0.25, 0.3) is 0 Å². The second-order valence-corrected chi connectivity index (χ2v) is 7.00. The summed E-state index contributed by atoms with van der Waals surface area (Å²) in [6, 6.07) is 12.7. The van der Waals surface area contributed by atoms with Crippen LogP contribution >= 0.6 is 11.3 Å². The third-order valence-corrected chi connectivity index (χ3v) is 5.05. The number of amides is 2. The molecule has 3 rings (SSSR count). The molecule has 144 valence electrons. The number of rotatable bonds is 6.